The van der Waals surface area contributed by atoms with Gasteiger partial charge in [-0.05, 0) is 44.0 Å². The minimum atomic E-state index is -3.95. The van der Waals surface area contributed by atoms with Gasteiger partial charge in [0.05, 0.1) is 11.1 Å². The van der Waals surface area contributed by atoms with Crippen molar-refractivity contribution >= 4 is 27.4 Å². The highest BCUT2D eigenvalue weighted by Crippen LogP contribution is 2.25. The molecule has 6 nitrogen and oxygen atoms in total. The lowest BCUT2D eigenvalue weighted by atomic mass is 10.2. The zero-order valence-electron chi connectivity index (χ0n) is 13.2. The maximum atomic E-state index is 12.6. The second kappa shape index (κ2) is 7.06. The van der Waals surface area contributed by atoms with E-state index >= 15 is 0 Å². The van der Waals surface area contributed by atoms with Gasteiger partial charge in [-0.25, -0.2) is 4.98 Å². The van der Waals surface area contributed by atoms with Gasteiger partial charge in [0, 0.05) is 13.1 Å². The average molecular weight is 368 g/mol. The minimum Gasteiger partial charge on any atom is -0.242 e. The molecule has 1 aliphatic heterocycles. The van der Waals surface area contributed by atoms with Gasteiger partial charge in [0.1, 0.15) is 10.8 Å². The first kappa shape index (κ1) is 17.2. The molecule has 0 spiro atoms. The molecule has 1 aliphatic rings. The van der Waals surface area contributed by atoms with Crippen LogP contribution >= 0.6 is 11.6 Å². The second-order valence-corrected chi connectivity index (χ2v) is 7.53. The Balaban J connectivity index is 1.90. The fourth-order valence-corrected chi connectivity index (χ4v) is 3.49. The third-order valence-electron chi connectivity index (χ3n) is 3.75. The first-order valence-electron chi connectivity index (χ1n) is 7.63. The number of hydrogen-bond acceptors (Lipinski definition) is 6. The predicted octanol–water partition coefficient (Wildman–Crippen LogP) is 3.18. The van der Waals surface area contributed by atoms with Crippen molar-refractivity contribution in [1.29, 1.82) is 0 Å². The molecule has 0 N–H and O–H groups in total. The van der Waals surface area contributed by atoms with E-state index in [9.17, 15) is 8.42 Å². The van der Waals surface area contributed by atoms with Gasteiger partial charge >= 0.3 is 10.1 Å². The molecule has 1 fully saturated rings. The van der Waals surface area contributed by atoms with Crippen molar-refractivity contribution in [1.82, 2.24) is 9.99 Å². The summed E-state index contributed by atoms with van der Waals surface area (Å²) in [6, 6.07) is 9.82. The van der Waals surface area contributed by atoms with Crippen molar-refractivity contribution < 1.29 is 12.7 Å². The van der Waals surface area contributed by atoms with Crippen LogP contribution in [0.5, 0.6) is 0 Å². The standard InChI is InChI=1S/C16H18ClN3O3S/c1-13-4-7-15(8-5-13)24(21,22)23-20(19-10-2-3-11-19)14-6-9-16(17)18-12-14/h4-9,12H,2-3,10-11H2,1H3. The monoisotopic (exact) mass is 367 g/mol. The van der Waals surface area contributed by atoms with E-state index in [4.69, 9.17) is 15.9 Å². The topological polar surface area (TPSA) is 62.7 Å². The van der Waals surface area contributed by atoms with Crippen LogP contribution in [0.3, 0.4) is 0 Å². The molecule has 0 atom stereocenters. The highest BCUT2D eigenvalue weighted by Gasteiger charge is 2.28. The van der Waals surface area contributed by atoms with E-state index in [-0.39, 0.29) is 4.90 Å². The second-order valence-electron chi connectivity index (χ2n) is 5.61. The quantitative estimate of drug-likeness (QED) is 0.597. The Morgan fingerprint density at radius 3 is 2.38 bits per heavy atom. The van der Waals surface area contributed by atoms with Crippen LogP contribution in [0.15, 0.2) is 47.5 Å². The minimum absolute atomic E-state index is 0.110. The summed E-state index contributed by atoms with van der Waals surface area (Å²) in [4.78, 5) is 4.12. The van der Waals surface area contributed by atoms with E-state index in [1.165, 1.54) is 23.5 Å². The summed E-state index contributed by atoms with van der Waals surface area (Å²) in [6.07, 6.45) is 3.45. The lowest BCUT2D eigenvalue weighted by molar-refractivity contribution is 0.114. The zero-order valence-corrected chi connectivity index (χ0v) is 14.8. The zero-order chi connectivity index (χ0) is 17.2. The van der Waals surface area contributed by atoms with Crippen molar-refractivity contribution in [3.63, 3.8) is 0 Å². The summed E-state index contributed by atoms with van der Waals surface area (Å²) in [5.74, 6) is 0. The number of aromatic nitrogens is 1. The van der Waals surface area contributed by atoms with E-state index in [2.05, 4.69) is 4.98 Å². The van der Waals surface area contributed by atoms with Crippen LogP contribution in [0.4, 0.5) is 5.69 Å². The Morgan fingerprint density at radius 1 is 1.12 bits per heavy atom. The van der Waals surface area contributed by atoms with Gasteiger partial charge in [-0.2, -0.15) is 18.6 Å². The first-order valence-corrected chi connectivity index (χ1v) is 9.42. The molecule has 0 unspecified atom stereocenters. The summed E-state index contributed by atoms with van der Waals surface area (Å²) < 4.78 is 30.6. The number of rotatable bonds is 5. The summed E-state index contributed by atoms with van der Waals surface area (Å²) in [7, 11) is -3.95. The average Bonchev–Trinajstić information content (AvgIpc) is 3.08. The predicted molar refractivity (Wildman–Crippen MR) is 92.0 cm³/mol. The summed E-state index contributed by atoms with van der Waals surface area (Å²) in [5.41, 5.74) is 1.49. The Bertz CT molecular complexity index is 788. The molecule has 0 aliphatic carbocycles. The Labute approximate surface area is 146 Å². The van der Waals surface area contributed by atoms with Crippen LogP contribution in [0, 0.1) is 6.92 Å². The Kier molecular flexibility index (Phi) is 5.05. The number of aryl methyl sites for hydroxylation is 1. The molecule has 1 aromatic heterocycles. The van der Waals surface area contributed by atoms with E-state index in [0.717, 1.165) is 18.4 Å². The van der Waals surface area contributed by atoms with Gasteiger partial charge in [-0.3, -0.25) is 0 Å². The Morgan fingerprint density at radius 2 is 1.79 bits per heavy atom. The van der Waals surface area contributed by atoms with Crippen LogP contribution in [0.1, 0.15) is 18.4 Å². The van der Waals surface area contributed by atoms with Gasteiger partial charge in [0.25, 0.3) is 0 Å². The van der Waals surface area contributed by atoms with Gasteiger partial charge in [-0.15, -0.1) is 4.28 Å². The largest absolute Gasteiger partial charge is 0.318 e. The molecule has 0 saturated carbocycles. The molecular formula is C16H18ClN3O3S. The van der Waals surface area contributed by atoms with E-state index in [1.54, 1.807) is 24.3 Å². The van der Waals surface area contributed by atoms with Crippen molar-refractivity contribution in [3.8, 4) is 0 Å². The molecule has 1 saturated heterocycles. The maximum absolute atomic E-state index is 12.6. The molecule has 3 rings (SSSR count). The van der Waals surface area contributed by atoms with Gasteiger partial charge < -0.3 is 0 Å². The molecule has 2 aromatic rings. The molecule has 0 radical (unpaired) electrons. The van der Waals surface area contributed by atoms with Crippen LogP contribution in [0.2, 0.25) is 5.15 Å². The lowest BCUT2D eigenvalue weighted by Crippen LogP contribution is -2.42. The molecule has 2 heterocycles. The van der Waals surface area contributed by atoms with Gasteiger partial charge in [-0.1, -0.05) is 29.3 Å². The number of nitrogens with zero attached hydrogens (tertiary/aromatic N) is 3. The fraction of sp³-hybridized carbons (Fsp3) is 0.312. The molecule has 0 amide bonds. The van der Waals surface area contributed by atoms with Crippen molar-refractivity contribution in [2.24, 2.45) is 0 Å². The highest BCUT2D eigenvalue weighted by atomic mass is 35.5. The number of benzene rings is 1. The number of hydrogen-bond donors (Lipinski definition) is 0. The normalized spacial score (nSPS) is 15.6. The lowest BCUT2D eigenvalue weighted by Gasteiger charge is -2.30. The van der Waals surface area contributed by atoms with Crippen molar-refractivity contribution in [2.45, 2.75) is 24.7 Å². The molecular weight excluding hydrogens is 350 g/mol. The highest BCUT2D eigenvalue weighted by molar-refractivity contribution is 7.86. The molecule has 0 bridgehead atoms. The summed E-state index contributed by atoms with van der Waals surface area (Å²) in [6.45, 7) is 3.32. The van der Waals surface area contributed by atoms with Crippen LogP contribution in [0.25, 0.3) is 0 Å². The third kappa shape index (κ3) is 3.87. The number of anilines is 1. The summed E-state index contributed by atoms with van der Waals surface area (Å²) >= 11 is 5.82. The van der Waals surface area contributed by atoms with Crippen molar-refractivity contribution in [2.75, 3.05) is 18.3 Å². The van der Waals surface area contributed by atoms with Crippen molar-refractivity contribution in [3.05, 3.63) is 53.3 Å². The number of hydrazine groups is 1. The van der Waals surface area contributed by atoms with E-state index in [0.29, 0.717) is 23.9 Å². The van der Waals surface area contributed by atoms with Crippen LogP contribution in [-0.4, -0.2) is 31.5 Å². The third-order valence-corrected chi connectivity index (χ3v) is 5.16. The first-order chi connectivity index (χ1) is 11.5. The van der Waals surface area contributed by atoms with E-state index < -0.39 is 10.1 Å². The smallest absolute Gasteiger partial charge is 0.242 e. The number of pyridine rings is 1. The maximum Gasteiger partial charge on any atom is 0.318 e. The molecule has 128 valence electrons. The Hall–Kier alpha value is -1.67. The molecule has 24 heavy (non-hydrogen) atoms. The van der Waals surface area contributed by atoms with Gasteiger partial charge in [0.15, 0.2) is 0 Å². The van der Waals surface area contributed by atoms with Crippen LogP contribution < -0.4 is 5.17 Å². The molecule has 1 aromatic carbocycles. The summed E-state index contributed by atoms with van der Waals surface area (Å²) in [5, 5.41) is 3.48. The van der Waals surface area contributed by atoms with E-state index in [1.807, 2.05) is 11.9 Å². The van der Waals surface area contributed by atoms with Crippen LogP contribution in [-0.2, 0) is 14.4 Å². The number of halogens is 1. The molecule has 8 heteroatoms. The fourth-order valence-electron chi connectivity index (χ4n) is 2.46. The van der Waals surface area contributed by atoms with Gasteiger partial charge in [0.2, 0.25) is 0 Å². The SMILES string of the molecule is Cc1ccc(S(=O)(=O)ON(c2ccc(Cl)nc2)N2CCCC2)cc1.